The minimum absolute atomic E-state index is 0.252. The minimum atomic E-state index is -0.382. The van der Waals surface area contributed by atoms with E-state index < -0.39 is 0 Å². The predicted octanol–water partition coefficient (Wildman–Crippen LogP) is 4.06. The molecule has 1 N–H and O–H groups in total. The van der Waals surface area contributed by atoms with Crippen LogP contribution in [0.1, 0.15) is 17.3 Å². The summed E-state index contributed by atoms with van der Waals surface area (Å²) in [5.41, 5.74) is 0.675. The van der Waals surface area contributed by atoms with E-state index >= 15 is 0 Å². The first-order valence-corrected chi connectivity index (χ1v) is 8.31. The normalized spacial score (nSPS) is 10.4. The Kier molecular flexibility index (Phi) is 7.31. The summed E-state index contributed by atoms with van der Waals surface area (Å²) < 4.78 is 16.1. The van der Waals surface area contributed by atoms with Gasteiger partial charge in [-0.05, 0) is 25.1 Å². The summed E-state index contributed by atoms with van der Waals surface area (Å²) in [7, 11) is 1.53. The highest BCUT2D eigenvalue weighted by molar-refractivity contribution is 6.39. The van der Waals surface area contributed by atoms with Gasteiger partial charge in [0, 0.05) is 24.6 Å². The van der Waals surface area contributed by atoms with Crippen molar-refractivity contribution in [3.8, 4) is 11.5 Å². The fourth-order valence-electron chi connectivity index (χ4n) is 2.00. The van der Waals surface area contributed by atoms with E-state index in [9.17, 15) is 4.79 Å². The number of benzene rings is 1. The summed E-state index contributed by atoms with van der Waals surface area (Å²) in [5, 5.41) is 3.18. The summed E-state index contributed by atoms with van der Waals surface area (Å²) in [6.45, 7) is 3.30. The number of methoxy groups -OCH3 is 1. The first-order chi connectivity index (χ1) is 12.1. The summed E-state index contributed by atoms with van der Waals surface area (Å²) in [6, 6.07) is 4.86. The van der Waals surface area contributed by atoms with Crippen LogP contribution in [0.15, 0.2) is 30.6 Å². The Labute approximate surface area is 156 Å². The lowest BCUT2D eigenvalue weighted by Gasteiger charge is -2.13. The van der Waals surface area contributed by atoms with Crippen molar-refractivity contribution in [1.29, 1.82) is 0 Å². The second kappa shape index (κ2) is 9.46. The Hall–Kier alpha value is -2.02. The number of halogens is 2. The molecule has 0 aliphatic carbocycles. The molecular weight excluding hydrogens is 367 g/mol. The van der Waals surface area contributed by atoms with Crippen molar-refractivity contribution < 1.29 is 19.0 Å². The molecule has 0 aliphatic heterocycles. The number of hydrogen-bond acceptors (Lipinski definition) is 5. The maximum Gasteiger partial charge on any atom is 0.255 e. The largest absolute Gasteiger partial charge is 0.493 e. The fraction of sp³-hybridized carbons (Fsp3) is 0.294. The third-order valence-electron chi connectivity index (χ3n) is 3.21. The first kappa shape index (κ1) is 19.3. The van der Waals surface area contributed by atoms with Gasteiger partial charge in [-0.25, -0.2) is 0 Å². The molecular formula is C17H18Cl2N2O4. The molecule has 134 valence electrons. The van der Waals surface area contributed by atoms with E-state index in [1.165, 1.54) is 19.5 Å². The molecule has 2 aromatic rings. The number of nitrogens with zero attached hydrogens (tertiary/aromatic N) is 1. The van der Waals surface area contributed by atoms with Gasteiger partial charge in [0.2, 0.25) is 0 Å². The van der Waals surface area contributed by atoms with E-state index in [2.05, 4.69) is 10.3 Å². The van der Waals surface area contributed by atoms with Crippen LogP contribution in [0.5, 0.6) is 11.5 Å². The van der Waals surface area contributed by atoms with Crippen molar-refractivity contribution in [3.63, 3.8) is 0 Å². The molecule has 1 aromatic carbocycles. The Morgan fingerprint density at radius 3 is 2.52 bits per heavy atom. The van der Waals surface area contributed by atoms with Gasteiger partial charge < -0.3 is 19.5 Å². The number of nitrogens with one attached hydrogen (secondary N) is 1. The van der Waals surface area contributed by atoms with Gasteiger partial charge in [-0.15, -0.1) is 0 Å². The molecule has 1 aromatic heterocycles. The van der Waals surface area contributed by atoms with E-state index in [4.69, 9.17) is 37.4 Å². The lowest BCUT2D eigenvalue weighted by molar-refractivity contribution is 0.102. The molecule has 0 aliphatic rings. The van der Waals surface area contributed by atoms with Crippen molar-refractivity contribution in [1.82, 2.24) is 4.98 Å². The zero-order valence-electron chi connectivity index (χ0n) is 13.8. The third-order valence-corrected chi connectivity index (χ3v) is 3.78. The topological polar surface area (TPSA) is 69.7 Å². The second-order valence-corrected chi connectivity index (χ2v) is 5.66. The molecule has 1 heterocycles. The number of carbonyl (C=O) groups excluding carboxylic acids is 1. The minimum Gasteiger partial charge on any atom is -0.493 e. The molecule has 0 saturated carbocycles. The lowest BCUT2D eigenvalue weighted by Crippen LogP contribution is -2.13. The third kappa shape index (κ3) is 5.22. The number of amides is 1. The quantitative estimate of drug-likeness (QED) is 0.694. The highest BCUT2D eigenvalue weighted by atomic mass is 35.5. The van der Waals surface area contributed by atoms with Crippen LogP contribution in [0.4, 0.5) is 5.69 Å². The number of ether oxygens (including phenoxy) is 3. The number of carbonyl (C=O) groups is 1. The standard InChI is InChI=1S/C17H18Cl2N2O4/c1-3-24-6-7-25-15-8-11(4-5-14(15)23-2)17(22)21-16-12(18)9-20-10-13(16)19/h4-5,8-10H,3,6-7H2,1-2H3,(H,20,21,22). The summed E-state index contributed by atoms with van der Waals surface area (Å²) >= 11 is 12.0. The molecule has 0 bridgehead atoms. The van der Waals surface area contributed by atoms with Crippen molar-refractivity contribution in [2.75, 3.05) is 32.2 Å². The van der Waals surface area contributed by atoms with Gasteiger partial charge >= 0.3 is 0 Å². The zero-order chi connectivity index (χ0) is 18.2. The zero-order valence-corrected chi connectivity index (χ0v) is 15.4. The monoisotopic (exact) mass is 384 g/mol. The molecule has 0 radical (unpaired) electrons. The molecule has 0 saturated heterocycles. The average molecular weight is 385 g/mol. The number of pyridine rings is 1. The predicted molar refractivity (Wildman–Crippen MR) is 97.2 cm³/mol. The van der Waals surface area contributed by atoms with Crippen LogP contribution in [-0.4, -0.2) is 37.8 Å². The van der Waals surface area contributed by atoms with Crippen LogP contribution in [0.25, 0.3) is 0 Å². The smallest absolute Gasteiger partial charge is 0.255 e. The van der Waals surface area contributed by atoms with Crippen LogP contribution in [-0.2, 0) is 4.74 Å². The Balaban J connectivity index is 2.16. The summed E-state index contributed by atoms with van der Waals surface area (Å²) in [4.78, 5) is 16.3. The molecule has 0 spiro atoms. The van der Waals surface area contributed by atoms with Gasteiger partial charge in [0.15, 0.2) is 11.5 Å². The van der Waals surface area contributed by atoms with Crippen molar-refractivity contribution >= 4 is 34.8 Å². The average Bonchev–Trinajstić information content (AvgIpc) is 2.61. The van der Waals surface area contributed by atoms with Crippen molar-refractivity contribution in [2.45, 2.75) is 6.92 Å². The van der Waals surface area contributed by atoms with E-state index in [1.807, 2.05) is 6.92 Å². The van der Waals surface area contributed by atoms with Gasteiger partial charge in [-0.2, -0.15) is 0 Å². The lowest BCUT2D eigenvalue weighted by atomic mass is 10.2. The van der Waals surface area contributed by atoms with Crippen LogP contribution < -0.4 is 14.8 Å². The number of hydrogen-bond donors (Lipinski definition) is 1. The fourth-order valence-corrected chi connectivity index (χ4v) is 2.46. The maximum atomic E-state index is 12.5. The van der Waals surface area contributed by atoms with Gasteiger partial charge in [0.25, 0.3) is 5.91 Å². The van der Waals surface area contributed by atoms with E-state index in [-0.39, 0.29) is 16.0 Å². The molecule has 0 unspecified atom stereocenters. The molecule has 8 heteroatoms. The van der Waals surface area contributed by atoms with Crippen LogP contribution in [0.2, 0.25) is 10.0 Å². The molecule has 2 rings (SSSR count). The van der Waals surface area contributed by atoms with E-state index in [0.29, 0.717) is 42.6 Å². The molecule has 25 heavy (non-hydrogen) atoms. The number of aromatic nitrogens is 1. The molecule has 0 fully saturated rings. The van der Waals surface area contributed by atoms with Gasteiger partial charge in [0.1, 0.15) is 6.61 Å². The van der Waals surface area contributed by atoms with Crippen molar-refractivity contribution in [3.05, 3.63) is 46.2 Å². The van der Waals surface area contributed by atoms with Crippen LogP contribution in [0, 0.1) is 0 Å². The summed E-state index contributed by atoms with van der Waals surface area (Å²) in [5.74, 6) is 0.585. The van der Waals surface area contributed by atoms with Crippen molar-refractivity contribution in [2.24, 2.45) is 0 Å². The SMILES string of the molecule is CCOCCOc1cc(C(=O)Nc2c(Cl)cncc2Cl)ccc1OC. The Morgan fingerprint density at radius 1 is 1.16 bits per heavy atom. The molecule has 1 amide bonds. The Bertz CT molecular complexity index is 720. The van der Waals surface area contributed by atoms with Crippen LogP contribution in [0.3, 0.4) is 0 Å². The number of anilines is 1. The highest BCUT2D eigenvalue weighted by Crippen LogP contribution is 2.31. The first-order valence-electron chi connectivity index (χ1n) is 7.55. The van der Waals surface area contributed by atoms with Gasteiger partial charge in [-0.3, -0.25) is 9.78 Å². The van der Waals surface area contributed by atoms with Gasteiger partial charge in [-0.1, -0.05) is 23.2 Å². The molecule has 6 nitrogen and oxygen atoms in total. The number of rotatable bonds is 8. The van der Waals surface area contributed by atoms with Crippen LogP contribution >= 0.6 is 23.2 Å². The Morgan fingerprint density at radius 2 is 1.88 bits per heavy atom. The summed E-state index contributed by atoms with van der Waals surface area (Å²) in [6.07, 6.45) is 2.80. The van der Waals surface area contributed by atoms with E-state index in [0.717, 1.165) is 0 Å². The van der Waals surface area contributed by atoms with Gasteiger partial charge in [0.05, 0.1) is 29.4 Å². The second-order valence-electron chi connectivity index (χ2n) is 4.84. The maximum absolute atomic E-state index is 12.5. The van der Waals surface area contributed by atoms with E-state index in [1.54, 1.807) is 18.2 Å². The highest BCUT2D eigenvalue weighted by Gasteiger charge is 2.15. The molecule has 0 atom stereocenters.